The van der Waals surface area contributed by atoms with Gasteiger partial charge in [-0.2, -0.15) is 0 Å². The van der Waals surface area contributed by atoms with Crippen molar-refractivity contribution in [2.75, 3.05) is 0 Å². The van der Waals surface area contributed by atoms with E-state index < -0.39 is 17.8 Å². The molecule has 0 unspecified atom stereocenters. The summed E-state index contributed by atoms with van der Waals surface area (Å²) in [5, 5.41) is 2.11. The van der Waals surface area contributed by atoms with Crippen molar-refractivity contribution >= 4 is 17.8 Å². The molecular formula is C11H14N2O5. The molecule has 2 rings (SSSR count). The van der Waals surface area contributed by atoms with Crippen molar-refractivity contribution in [3.8, 4) is 0 Å². The molecule has 0 aliphatic carbocycles. The van der Waals surface area contributed by atoms with Gasteiger partial charge in [0, 0.05) is 0 Å². The normalized spacial score (nSPS) is 14.4. The summed E-state index contributed by atoms with van der Waals surface area (Å²) in [4.78, 5) is 34.8. The van der Waals surface area contributed by atoms with E-state index in [-0.39, 0.29) is 23.9 Å². The van der Waals surface area contributed by atoms with Gasteiger partial charge in [0.15, 0.2) is 0 Å². The van der Waals surface area contributed by atoms with Crippen molar-refractivity contribution in [2.45, 2.75) is 13.0 Å². The molecule has 0 bridgehead atoms. The highest BCUT2D eigenvalue weighted by atomic mass is 16.2. The smallest absolute Gasteiger partial charge is 0.331 e. The number of nitrogens with one attached hydrogen (secondary N) is 1. The predicted octanol–water partition coefficient (Wildman–Crippen LogP) is -0.994. The van der Waals surface area contributed by atoms with Gasteiger partial charge in [-0.15, -0.1) is 0 Å². The maximum absolute atomic E-state index is 11.5. The number of urea groups is 1. The minimum Gasteiger partial charge on any atom is -0.412 e. The van der Waals surface area contributed by atoms with Gasteiger partial charge >= 0.3 is 6.03 Å². The Morgan fingerprint density at radius 3 is 2.22 bits per heavy atom. The highest BCUT2D eigenvalue weighted by molar-refractivity contribution is 6.13. The lowest BCUT2D eigenvalue weighted by Gasteiger charge is -2.24. The number of amides is 4. The first-order valence-electron chi connectivity index (χ1n) is 4.85. The third-order valence-electron chi connectivity index (χ3n) is 2.29. The zero-order chi connectivity index (χ0) is 11.5. The molecule has 18 heavy (non-hydrogen) atoms. The highest BCUT2D eigenvalue weighted by Crippen LogP contribution is 2.09. The van der Waals surface area contributed by atoms with Gasteiger partial charge in [0.25, 0.3) is 0 Å². The lowest BCUT2D eigenvalue weighted by Crippen LogP contribution is -2.52. The summed E-state index contributed by atoms with van der Waals surface area (Å²) < 4.78 is 0. The third kappa shape index (κ3) is 3.37. The lowest BCUT2D eigenvalue weighted by atomic mass is 10.2. The molecule has 1 aromatic rings. The van der Waals surface area contributed by atoms with Crippen molar-refractivity contribution in [1.29, 1.82) is 0 Å². The molecule has 1 aromatic carbocycles. The number of nitrogens with zero attached hydrogens (tertiary/aromatic N) is 1. The minimum atomic E-state index is -0.648. The number of rotatable bonds is 2. The Bertz CT molecular complexity index is 426. The maximum Gasteiger partial charge on any atom is 0.331 e. The molecule has 0 aromatic heterocycles. The molecule has 7 nitrogen and oxygen atoms in total. The first-order valence-corrected chi connectivity index (χ1v) is 4.85. The molecule has 1 aliphatic heterocycles. The Morgan fingerprint density at radius 1 is 1.06 bits per heavy atom. The zero-order valence-corrected chi connectivity index (χ0v) is 9.47. The molecule has 1 saturated heterocycles. The lowest BCUT2D eigenvalue weighted by molar-refractivity contribution is -0.136. The molecule has 0 radical (unpaired) electrons. The molecule has 7 heteroatoms. The van der Waals surface area contributed by atoms with Gasteiger partial charge in [0.1, 0.15) is 6.42 Å². The second-order valence-corrected chi connectivity index (χ2v) is 3.50. The van der Waals surface area contributed by atoms with Gasteiger partial charge in [-0.3, -0.25) is 19.8 Å². The van der Waals surface area contributed by atoms with Crippen molar-refractivity contribution in [3.63, 3.8) is 0 Å². The molecule has 4 amide bonds. The number of benzene rings is 1. The quantitative estimate of drug-likeness (QED) is 0.679. The Kier molecular flexibility index (Phi) is 5.67. The number of hydrogen-bond donors (Lipinski definition) is 1. The van der Waals surface area contributed by atoms with E-state index in [4.69, 9.17) is 0 Å². The van der Waals surface area contributed by atoms with Crippen LogP contribution in [0.25, 0.3) is 0 Å². The Balaban J connectivity index is 0.00000144. The number of hydrogen-bond acceptors (Lipinski definition) is 3. The summed E-state index contributed by atoms with van der Waals surface area (Å²) in [5.74, 6) is -1.00. The average molecular weight is 254 g/mol. The fraction of sp³-hybridized carbons (Fsp3) is 0.182. The Labute approximate surface area is 103 Å². The SMILES string of the molecule is O.O.O=C1CC(=O)N(Cc2ccccc2)C(=O)N1. The van der Waals surface area contributed by atoms with E-state index in [1.165, 1.54) is 0 Å². The van der Waals surface area contributed by atoms with Crippen LogP contribution in [0.15, 0.2) is 30.3 Å². The molecule has 1 heterocycles. The molecule has 1 aliphatic rings. The maximum atomic E-state index is 11.5. The molecule has 98 valence electrons. The number of carbonyl (C=O) groups excluding carboxylic acids is 3. The summed E-state index contributed by atoms with van der Waals surface area (Å²) in [5.41, 5.74) is 0.848. The number of carbonyl (C=O) groups is 3. The van der Waals surface area contributed by atoms with E-state index in [1.807, 2.05) is 30.3 Å². The van der Waals surface area contributed by atoms with Crippen molar-refractivity contribution in [2.24, 2.45) is 0 Å². The molecule has 0 spiro atoms. The number of imide groups is 2. The fourth-order valence-electron chi connectivity index (χ4n) is 1.50. The molecule has 0 saturated carbocycles. The topological polar surface area (TPSA) is 129 Å². The van der Waals surface area contributed by atoms with Crippen LogP contribution in [0.5, 0.6) is 0 Å². The van der Waals surface area contributed by atoms with Crippen LogP contribution >= 0.6 is 0 Å². The van der Waals surface area contributed by atoms with Crippen molar-refractivity contribution in [3.05, 3.63) is 35.9 Å². The zero-order valence-electron chi connectivity index (χ0n) is 9.47. The second kappa shape index (κ2) is 6.48. The molecular weight excluding hydrogens is 240 g/mol. The standard InChI is InChI=1S/C11H10N2O3.2H2O/c14-9-6-10(15)13(11(16)12-9)7-8-4-2-1-3-5-8;;/h1-5H,6-7H2,(H,12,14,16);2*1H2. The summed E-state index contributed by atoms with van der Waals surface area (Å²) in [6, 6.07) is 8.49. The summed E-state index contributed by atoms with van der Waals surface area (Å²) in [6.45, 7) is 0.193. The van der Waals surface area contributed by atoms with Crippen LogP contribution in [-0.4, -0.2) is 33.7 Å². The highest BCUT2D eigenvalue weighted by Gasteiger charge is 2.30. The van der Waals surface area contributed by atoms with Gasteiger partial charge in [0.05, 0.1) is 6.54 Å². The van der Waals surface area contributed by atoms with Gasteiger partial charge in [-0.05, 0) is 5.56 Å². The van der Waals surface area contributed by atoms with E-state index in [0.717, 1.165) is 10.5 Å². The van der Waals surface area contributed by atoms with Crippen LogP contribution in [0.1, 0.15) is 12.0 Å². The third-order valence-corrected chi connectivity index (χ3v) is 2.29. The van der Waals surface area contributed by atoms with Gasteiger partial charge in [-0.1, -0.05) is 30.3 Å². The first kappa shape index (κ1) is 15.8. The van der Waals surface area contributed by atoms with Crippen LogP contribution in [-0.2, 0) is 16.1 Å². The van der Waals surface area contributed by atoms with E-state index >= 15 is 0 Å². The largest absolute Gasteiger partial charge is 0.412 e. The summed E-state index contributed by atoms with van der Waals surface area (Å²) >= 11 is 0. The van der Waals surface area contributed by atoms with Crippen LogP contribution in [0, 0.1) is 0 Å². The van der Waals surface area contributed by atoms with Crippen LogP contribution in [0.2, 0.25) is 0 Å². The summed E-state index contributed by atoms with van der Waals surface area (Å²) in [6.07, 6.45) is -0.265. The number of barbiturate groups is 1. The van der Waals surface area contributed by atoms with Crippen LogP contribution in [0.3, 0.4) is 0 Å². The van der Waals surface area contributed by atoms with Crippen molar-refractivity contribution < 1.29 is 25.3 Å². The van der Waals surface area contributed by atoms with E-state index in [2.05, 4.69) is 5.32 Å². The molecule has 0 atom stereocenters. The minimum absolute atomic E-state index is 0. The monoisotopic (exact) mass is 254 g/mol. The fourth-order valence-corrected chi connectivity index (χ4v) is 1.50. The van der Waals surface area contributed by atoms with Crippen LogP contribution < -0.4 is 5.32 Å². The molecule has 5 N–H and O–H groups in total. The van der Waals surface area contributed by atoms with Crippen LogP contribution in [0.4, 0.5) is 4.79 Å². The Hall–Kier alpha value is -2.25. The molecule has 1 fully saturated rings. The summed E-state index contributed by atoms with van der Waals surface area (Å²) in [7, 11) is 0. The van der Waals surface area contributed by atoms with Gasteiger partial charge in [-0.25, -0.2) is 4.79 Å². The van der Waals surface area contributed by atoms with Gasteiger partial charge < -0.3 is 11.0 Å². The van der Waals surface area contributed by atoms with E-state index in [0.29, 0.717) is 0 Å². The second-order valence-electron chi connectivity index (χ2n) is 3.50. The van der Waals surface area contributed by atoms with E-state index in [1.54, 1.807) is 0 Å². The average Bonchev–Trinajstić information content (AvgIpc) is 2.25. The van der Waals surface area contributed by atoms with Gasteiger partial charge in [0.2, 0.25) is 11.8 Å². The predicted molar refractivity (Wildman–Crippen MR) is 62.4 cm³/mol. The van der Waals surface area contributed by atoms with Crippen molar-refractivity contribution in [1.82, 2.24) is 10.2 Å². The first-order chi connectivity index (χ1) is 7.66. The van der Waals surface area contributed by atoms with E-state index in [9.17, 15) is 14.4 Å². The Morgan fingerprint density at radius 2 is 1.67 bits per heavy atom.